The minimum absolute atomic E-state index is 0.141. The van der Waals surface area contributed by atoms with Crippen molar-refractivity contribution in [1.29, 1.82) is 0 Å². The largest absolute Gasteiger partial charge is 0.449 e. The Balaban J connectivity index is 2.89. The van der Waals surface area contributed by atoms with Crippen molar-refractivity contribution < 1.29 is 14.0 Å². The molecule has 1 atom stereocenters. The minimum atomic E-state index is -0.703. The van der Waals surface area contributed by atoms with Gasteiger partial charge in [0.2, 0.25) is 5.91 Å². The zero-order chi connectivity index (χ0) is 16.0. The second-order valence-electron chi connectivity index (χ2n) is 5.20. The molecule has 2 amide bonds. The molecular formula is C15H23N3O3. The molecule has 0 aliphatic heterocycles. The van der Waals surface area contributed by atoms with E-state index in [2.05, 4.69) is 10.6 Å². The molecule has 0 radical (unpaired) electrons. The normalized spacial score (nSPS) is 12.6. The van der Waals surface area contributed by atoms with E-state index in [0.29, 0.717) is 17.9 Å². The van der Waals surface area contributed by atoms with Crippen LogP contribution in [0.15, 0.2) is 16.6 Å². The number of hydrogen-bond acceptors (Lipinski definition) is 4. The third-order valence-corrected chi connectivity index (χ3v) is 2.93. The second kappa shape index (κ2) is 7.52. The zero-order valence-corrected chi connectivity index (χ0v) is 12.9. The van der Waals surface area contributed by atoms with E-state index in [0.717, 1.165) is 0 Å². The predicted molar refractivity (Wildman–Crippen MR) is 82.9 cm³/mol. The Labute approximate surface area is 124 Å². The molecule has 1 unspecified atom stereocenters. The Kier molecular flexibility index (Phi) is 6.02. The van der Waals surface area contributed by atoms with Gasteiger partial charge in [0, 0.05) is 13.1 Å². The predicted octanol–water partition coefficient (Wildman–Crippen LogP) is 1.98. The number of rotatable bonds is 7. The van der Waals surface area contributed by atoms with Crippen LogP contribution in [0.2, 0.25) is 0 Å². The lowest BCUT2D eigenvalue weighted by molar-refractivity contribution is -0.120. The molecular weight excluding hydrogens is 270 g/mol. The number of furan rings is 1. The monoisotopic (exact) mass is 293 g/mol. The average Bonchev–Trinajstić information content (AvgIpc) is 2.81. The number of hydrogen-bond donors (Lipinski definition) is 3. The van der Waals surface area contributed by atoms with Crippen LogP contribution in [0.5, 0.6) is 0 Å². The van der Waals surface area contributed by atoms with Crippen LogP contribution < -0.4 is 16.4 Å². The van der Waals surface area contributed by atoms with Crippen molar-refractivity contribution in [2.24, 2.45) is 11.7 Å². The topological polar surface area (TPSA) is 97.4 Å². The minimum Gasteiger partial charge on any atom is -0.449 e. The van der Waals surface area contributed by atoms with Crippen molar-refractivity contribution in [3.63, 3.8) is 0 Å². The van der Waals surface area contributed by atoms with Gasteiger partial charge in [-0.3, -0.25) is 9.59 Å². The maximum absolute atomic E-state index is 12.2. The van der Waals surface area contributed by atoms with Gasteiger partial charge in [0.05, 0.1) is 5.69 Å². The Bertz CT molecular complexity index is 532. The molecule has 0 bridgehead atoms. The van der Waals surface area contributed by atoms with Crippen LogP contribution in [0, 0.1) is 5.92 Å². The fourth-order valence-corrected chi connectivity index (χ4v) is 1.93. The number of carbonyl (C=O) groups excluding carboxylic acids is 2. The van der Waals surface area contributed by atoms with Crippen molar-refractivity contribution >= 4 is 23.6 Å². The number of amides is 2. The van der Waals surface area contributed by atoms with Crippen molar-refractivity contribution in [2.75, 3.05) is 12.4 Å². The molecule has 21 heavy (non-hydrogen) atoms. The molecule has 1 heterocycles. The maximum Gasteiger partial charge on any atom is 0.287 e. The van der Waals surface area contributed by atoms with Gasteiger partial charge in [-0.25, -0.2) is 0 Å². The van der Waals surface area contributed by atoms with E-state index in [1.807, 2.05) is 26.8 Å². The molecule has 0 aliphatic carbocycles. The molecule has 0 spiro atoms. The molecule has 0 saturated carbocycles. The van der Waals surface area contributed by atoms with E-state index in [4.69, 9.17) is 10.2 Å². The SMILES string of the molecule is C/C=C\c1oc(C(=O)NC(CC(C)C)C(N)=O)cc1NC. The average molecular weight is 293 g/mol. The van der Waals surface area contributed by atoms with Crippen molar-refractivity contribution in [3.8, 4) is 0 Å². The van der Waals surface area contributed by atoms with E-state index in [1.165, 1.54) is 0 Å². The van der Waals surface area contributed by atoms with Crippen LogP contribution in [0.25, 0.3) is 6.08 Å². The molecule has 4 N–H and O–H groups in total. The van der Waals surface area contributed by atoms with Crippen molar-refractivity contribution in [3.05, 3.63) is 23.7 Å². The Morgan fingerprint density at radius 3 is 2.57 bits per heavy atom. The molecule has 6 nitrogen and oxygen atoms in total. The quantitative estimate of drug-likeness (QED) is 0.716. The summed E-state index contributed by atoms with van der Waals surface area (Å²) >= 11 is 0. The molecule has 0 saturated heterocycles. The summed E-state index contributed by atoms with van der Waals surface area (Å²) in [5, 5.41) is 5.56. The molecule has 1 rings (SSSR count). The highest BCUT2D eigenvalue weighted by Crippen LogP contribution is 2.22. The van der Waals surface area contributed by atoms with Gasteiger partial charge in [-0.05, 0) is 25.3 Å². The summed E-state index contributed by atoms with van der Waals surface area (Å²) in [6.07, 6.45) is 4.05. The van der Waals surface area contributed by atoms with Crippen molar-refractivity contribution in [1.82, 2.24) is 5.32 Å². The van der Waals surface area contributed by atoms with Crippen LogP contribution >= 0.6 is 0 Å². The molecule has 0 aromatic carbocycles. The fourth-order valence-electron chi connectivity index (χ4n) is 1.93. The first kappa shape index (κ1) is 16.8. The summed E-state index contributed by atoms with van der Waals surface area (Å²) in [5.74, 6) is -0.0595. The first-order chi connectivity index (χ1) is 9.88. The van der Waals surface area contributed by atoms with E-state index in [9.17, 15) is 9.59 Å². The van der Waals surface area contributed by atoms with E-state index in [1.54, 1.807) is 19.2 Å². The summed E-state index contributed by atoms with van der Waals surface area (Å²) < 4.78 is 5.48. The zero-order valence-electron chi connectivity index (χ0n) is 12.9. The summed E-state index contributed by atoms with van der Waals surface area (Å²) in [6, 6.07) is 0.892. The highest BCUT2D eigenvalue weighted by Gasteiger charge is 2.22. The lowest BCUT2D eigenvalue weighted by Crippen LogP contribution is -2.45. The smallest absolute Gasteiger partial charge is 0.287 e. The van der Waals surface area contributed by atoms with Crippen LogP contribution in [-0.2, 0) is 4.79 Å². The standard InChI is InChI=1S/C15H23N3O3/c1-5-6-12-10(17-4)8-13(21-12)15(20)18-11(14(16)19)7-9(2)3/h5-6,8-9,11,17H,7H2,1-4H3,(H2,16,19)(H,18,20)/b6-5-. The summed E-state index contributed by atoms with van der Waals surface area (Å²) in [5.41, 5.74) is 6.02. The number of allylic oxidation sites excluding steroid dienone is 1. The van der Waals surface area contributed by atoms with E-state index < -0.39 is 17.9 Å². The number of primary amides is 1. The fraction of sp³-hybridized carbons (Fsp3) is 0.467. The Morgan fingerprint density at radius 1 is 1.43 bits per heavy atom. The Hall–Kier alpha value is -2.24. The first-order valence-corrected chi connectivity index (χ1v) is 6.93. The molecule has 0 aliphatic rings. The van der Waals surface area contributed by atoms with Crippen LogP contribution in [0.1, 0.15) is 43.5 Å². The molecule has 0 fully saturated rings. The van der Waals surface area contributed by atoms with Gasteiger partial charge in [-0.15, -0.1) is 0 Å². The molecule has 1 aromatic heterocycles. The number of nitrogens with two attached hydrogens (primary N) is 1. The van der Waals surface area contributed by atoms with Gasteiger partial charge < -0.3 is 20.8 Å². The maximum atomic E-state index is 12.2. The summed E-state index contributed by atoms with van der Waals surface area (Å²) in [4.78, 5) is 23.5. The third-order valence-electron chi connectivity index (χ3n) is 2.93. The van der Waals surface area contributed by atoms with Gasteiger partial charge in [0.15, 0.2) is 11.5 Å². The van der Waals surface area contributed by atoms with Gasteiger partial charge >= 0.3 is 0 Å². The number of anilines is 1. The van der Waals surface area contributed by atoms with Crippen LogP contribution in [0.3, 0.4) is 0 Å². The lowest BCUT2D eigenvalue weighted by Gasteiger charge is -2.16. The lowest BCUT2D eigenvalue weighted by atomic mass is 10.0. The number of nitrogens with one attached hydrogen (secondary N) is 2. The van der Waals surface area contributed by atoms with Crippen LogP contribution in [-0.4, -0.2) is 24.9 Å². The molecule has 1 aromatic rings. The Morgan fingerprint density at radius 2 is 2.10 bits per heavy atom. The number of carbonyl (C=O) groups is 2. The third kappa shape index (κ3) is 4.66. The van der Waals surface area contributed by atoms with Crippen LogP contribution in [0.4, 0.5) is 5.69 Å². The van der Waals surface area contributed by atoms with Gasteiger partial charge in [-0.2, -0.15) is 0 Å². The summed E-state index contributed by atoms with van der Waals surface area (Å²) in [6.45, 7) is 5.77. The van der Waals surface area contributed by atoms with E-state index >= 15 is 0 Å². The first-order valence-electron chi connectivity index (χ1n) is 6.93. The summed E-state index contributed by atoms with van der Waals surface area (Å²) in [7, 11) is 1.74. The van der Waals surface area contributed by atoms with Gasteiger partial charge in [0.1, 0.15) is 6.04 Å². The second-order valence-corrected chi connectivity index (χ2v) is 5.20. The molecule has 116 valence electrons. The highest BCUT2D eigenvalue weighted by atomic mass is 16.4. The molecule has 6 heteroatoms. The van der Waals surface area contributed by atoms with E-state index in [-0.39, 0.29) is 11.7 Å². The van der Waals surface area contributed by atoms with Gasteiger partial charge in [-0.1, -0.05) is 19.9 Å². The van der Waals surface area contributed by atoms with Crippen molar-refractivity contribution in [2.45, 2.75) is 33.2 Å². The highest BCUT2D eigenvalue weighted by molar-refractivity contribution is 5.96. The van der Waals surface area contributed by atoms with Gasteiger partial charge in [0.25, 0.3) is 5.91 Å².